The maximum Gasteiger partial charge on any atom is 0.356 e. The van der Waals surface area contributed by atoms with Crippen molar-refractivity contribution in [3.05, 3.63) is 24.0 Å². The molecular weight excluding hydrogens is 248 g/mol. The summed E-state index contributed by atoms with van der Waals surface area (Å²) in [7, 11) is 2.64. The monoisotopic (exact) mass is 266 g/mol. The zero-order valence-electron chi connectivity index (χ0n) is 11.5. The van der Waals surface area contributed by atoms with Gasteiger partial charge >= 0.3 is 11.9 Å². The van der Waals surface area contributed by atoms with Gasteiger partial charge in [-0.05, 0) is 26.0 Å². The molecule has 0 unspecified atom stereocenters. The summed E-state index contributed by atoms with van der Waals surface area (Å²) in [4.78, 5) is 28.6. The van der Waals surface area contributed by atoms with E-state index in [9.17, 15) is 9.59 Å². The number of rotatable bonds is 5. The number of ether oxygens (including phenoxy) is 2. The van der Waals surface area contributed by atoms with E-state index in [0.29, 0.717) is 0 Å². The maximum atomic E-state index is 11.4. The second-order valence-corrected chi connectivity index (χ2v) is 4.19. The molecule has 0 saturated heterocycles. The van der Waals surface area contributed by atoms with E-state index in [2.05, 4.69) is 14.5 Å². The van der Waals surface area contributed by atoms with Crippen LogP contribution in [0.25, 0.3) is 0 Å². The predicted octanol–water partition coefficient (Wildman–Crippen LogP) is 1.26. The van der Waals surface area contributed by atoms with Crippen molar-refractivity contribution in [3.8, 4) is 0 Å². The van der Waals surface area contributed by atoms with Crippen molar-refractivity contribution < 1.29 is 19.1 Å². The minimum atomic E-state index is -0.511. The highest BCUT2D eigenvalue weighted by molar-refractivity contribution is 5.88. The van der Waals surface area contributed by atoms with Gasteiger partial charge in [0.2, 0.25) is 0 Å². The van der Waals surface area contributed by atoms with E-state index >= 15 is 0 Å². The van der Waals surface area contributed by atoms with Crippen LogP contribution in [0.5, 0.6) is 0 Å². The smallest absolute Gasteiger partial charge is 0.356 e. The molecular formula is C13H18N2O4. The Hall–Kier alpha value is -2.11. The molecule has 0 bridgehead atoms. The van der Waals surface area contributed by atoms with Crippen molar-refractivity contribution in [3.63, 3.8) is 0 Å². The second-order valence-electron chi connectivity index (χ2n) is 4.19. The molecule has 0 N–H and O–H groups in total. The third-order valence-corrected chi connectivity index (χ3v) is 2.62. The molecule has 1 rings (SSSR count). The number of methoxy groups -OCH3 is 2. The minimum Gasteiger partial charge on any atom is -0.468 e. The Morgan fingerprint density at radius 1 is 1.32 bits per heavy atom. The average Bonchev–Trinajstić information content (AvgIpc) is 2.43. The van der Waals surface area contributed by atoms with E-state index < -0.39 is 5.97 Å². The van der Waals surface area contributed by atoms with Gasteiger partial charge in [-0.15, -0.1) is 0 Å². The van der Waals surface area contributed by atoms with Crippen LogP contribution in [0.3, 0.4) is 0 Å². The number of hydrogen-bond donors (Lipinski definition) is 0. The summed E-state index contributed by atoms with van der Waals surface area (Å²) in [5.74, 6) is -0.853. The van der Waals surface area contributed by atoms with E-state index in [1.807, 2.05) is 18.7 Å². The van der Waals surface area contributed by atoms with E-state index in [0.717, 1.165) is 5.69 Å². The molecule has 0 aromatic carbocycles. The standard InChI is InChI=1S/C13H18N2O4/c1-9(2)15(8-12(16)18-3)10-5-6-14-11(7-10)13(17)19-4/h5-7,9H,8H2,1-4H3. The average molecular weight is 266 g/mol. The van der Waals surface area contributed by atoms with E-state index in [1.54, 1.807) is 12.1 Å². The minimum absolute atomic E-state index is 0.0759. The van der Waals surface area contributed by atoms with Gasteiger partial charge in [0.1, 0.15) is 12.2 Å². The Balaban J connectivity index is 3.02. The lowest BCUT2D eigenvalue weighted by Crippen LogP contribution is -2.36. The van der Waals surface area contributed by atoms with Crippen LogP contribution in [-0.4, -0.2) is 43.7 Å². The van der Waals surface area contributed by atoms with Crippen LogP contribution < -0.4 is 4.90 Å². The Morgan fingerprint density at radius 3 is 2.53 bits per heavy atom. The molecule has 0 radical (unpaired) electrons. The summed E-state index contributed by atoms with van der Waals surface area (Å²) in [5, 5.41) is 0. The number of carbonyl (C=O) groups is 2. The topological polar surface area (TPSA) is 68.7 Å². The van der Waals surface area contributed by atoms with Crippen LogP contribution in [0.2, 0.25) is 0 Å². The number of nitrogens with zero attached hydrogens (tertiary/aromatic N) is 2. The van der Waals surface area contributed by atoms with Crippen molar-refractivity contribution in [1.82, 2.24) is 4.98 Å². The summed E-state index contributed by atoms with van der Waals surface area (Å²) in [6, 6.07) is 3.40. The molecule has 0 atom stereocenters. The van der Waals surface area contributed by atoms with Gasteiger partial charge in [-0.2, -0.15) is 0 Å². The molecule has 6 heteroatoms. The summed E-state index contributed by atoms with van der Waals surface area (Å²) in [6.45, 7) is 4.00. The van der Waals surface area contributed by atoms with Gasteiger partial charge < -0.3 is 14.4 Å². The Morgan fingerprint density at radius 2 is 2.00 bits per heavy atom. The van der Waals surface area contributed by atoms with Crippen LogP contribution in [0.4, 0.5) is 5.69 Å². The third kappa shape index (κ3) is 3.94. The van der Waals surface area contributed by atoms with E-state index in [4.69, 9.17) is 0 Å². The molecule has 0 aliphatic carbocycles. The quantitative estimate of drug-likeness (QED) is 0.747. The highest BCUT2D eigenvalue weighted by Gasteiger charge is 2.17. The zero-order chi connectivity index (χ0) is 14.4. The third-order valence-electron chi connectivity index (χ3n) is 2.62. The number of anilines is 1. The molecule has 6 nitrogen and oxygen atoms in total. The lowest BCUT2D eigenvalue weighted by Gasteiger charge is -2.27. The van der Waals surface area contributed by atoms with Crippen LogP contribution >= 0.6 is 0 Å². The fourth-order valence-corrected chi connectivity index (χ4v) is 1.59. The Labute approximate surface area is 112 Å². The molecule has 0 fully saturated rings. The first-order valence-electron chi connectivity index (χ1n) is 5.87. The molecule has 0 aliphatic rings. The van der Waals surface area contributed by atoms with Gasteiger partial charge in [0, 0.05) is 17.9 Å². The molecule has 19 heavy (non-hydrogen) atoms. The number of pyridine rings is 1. The molecule has 0 spiro atoms. The van der Waals surface area contributed by atoms with Crippen LogP contribution in [-0.2, 0) is 14.3 Å². The molecule has 1 aromatic heterocycles. The number of carbonyl (C=O) groups excluding carboxylic acids is 2. The van der Waals surface area contributed by atoms with Gasteiger partial charge in [-0.25, -0.2) is 9.78 Å². The van der Waals surface area contributed by atoms with Crippen molar-refractivity contribution in [2.75, 3.05) is 25.7 Å². The SMILES string of the molecule is COC(=O)CN(c1ccnc(C(=O)OC)c1)C(C)C. The van der Waals surface area contributed by atoms with Crippen molar-refractivity contribution in [2.45, 2.75) is 19.9 Å². The van der Waals surface area contributed by atoms with E-state index in [1.165, 1.54) is 20.4 Å². The normalized spacial score (nSPS) is 10.2. The van der Waals surface area contributed by atoms with Gasteiger partial charge in [0.05, 0.1) is 14.2 Å². The first-order chi connectivity index (χ1) is 8.99. The fourth-order valence-electron chi connectivity index (χ4n) is 1.59. The molecule has 1 aromatic rings. The molecule has 104 valence electrons. The second kappa shape index (κ2) is 6.72. The lowest BCUT2D eigenvalue weighted by molar-refractivity contribution is -0.139. The van der Waals surface area contributed by atoms with Crippen molar-refractivity contribution in [1.29, 1.82) is 0 Å². The highest BCUT2D eigenvalue weighted by atomic mass is 16.5. The van der Waals surface area contributed by atoms with Crippen LogP contribution in [0.1, 0.15) is 24.3 Å². The van der Waals surface area contributed by atoms with Crippen molar-refractivity contribution in [2.24, 2.45) is 0 Å². The molecule has 1 heterocycles. The number of aromatic nitrogens is 1. The maximum absolute atomic E-state index is 11.4. The predicted molar refractivity (Wildman–Crippen MR) is 70.1 cm³/mol. The largest absolute Gasteiger partial charge is 0.468 e. The molecule has 0 aliphatic heterocycles. The summed E-state index contributed by atoms with van der Waals surface area (Å²) in [6.07, 6.45) is 1.51. The Kier molecular flexibility index (Phi) is 5.29. The lowest BCUT2D eigenvalue weighted by atomic mass is 10.2. The molecule has 0 saturated carbocycles. The summed E-state index contributed by atoms with van der Waals surface area (Å²) < 4.78 is 9.29. The fraction of sp³-hybridized carbons (Fsp3) is 0.462. The van der Waals surface area contributed by atoms with Gasteiger partial charge in [0.25, 0.3) is 0 Å². The first-order valence-corrected chi connectivity index (χ1v) is 5.87. The molecule has 0 amide bonds. The van der Waals surface area contributed by atoms with Crippen LogP contribution in [0, 0.1) is 0 Å². The van der Waals surface area contributed by atoms with E-state index in [-0.39, 0.29) is 24.2 Å². The summed E-state index contributed by atoms with van der Waals surface area (Å²) in [5.41, 5.74) is 0.923. The van der Waals surface area contributed by atoms with Crippen LogP contribution in [0.15, 0.2) is 18.3 Å². The van der Waals surface area contributed by atoms with Crippen molar-refractivity contribution >= 4 is 17.6 Å². The van der Waals surface area contributed by atoms with Gasteiger partial charge in [-0.1, -0.05) is 0 Å². The highest BCUT2D eigenvalue weighted by Crippen LogP contribution is 2.17. The first kappa shape index (κ1) is 14.9. The zero-order valence-corrected chi connectivity index (χ0v) is 11.5. The number of hydrogen-bond acceptors (Lipinski definition) is 6. The summed E-state index contributed by atoms with van der Waals surface area (Å²) >= 11 is 0. The Bertz CT molecular complexity index is 460. The number of esters is 2. The van der Waals surface area contributed by atoms with Gasteiger partial charge in [0.15, 0.2) is 0 Å². The van der Waals surface area contributed by atoms with Gasteiger partial charge in [-0.3, -0.25) is 4.79 Å².